The number of pyridine rings is 1. The average Bonchev–Trinajstić information content (AvgIpc) is 3.05. The van der Waals surface area contributed by atoms with Gasteiger partial charge in [0.2, 0.25) is 17.7 Å². The lowest BCUT2D eigenvalue weighted by Gasteiger charge is -2.36. The van der Waals surface area contributed by atoms with Gasteiger partial charge in [-0.1, -0.05) is 48.5 Å². The smallest absolute Gasteiger partial charge is 0.395 e. The summed E-state index contributed by atoms with van der Waals surface area (Å²) in [4.78, 5) is 49.6. The van der Waals surface area contributed by atoms with Crippen molar-refractivity contribution in [3.63, 3.8) is 0 Å². The molecule has 0 aliphatic carbocycles. The molecule has 244 valence electrons. The van der Waals surface area contributed by atoms with Crippen LogP contribution in [0.25, 0.3) is 6.08 Å². The number of aliphatic hydroxyl groups excluding tert-OH is 1. The maximum Gasteiger partial charge on any atom is 0.433 e. The average molecular weight is 638 g/mol. The van der Waals surface area contributed by atoms with Crippen molar-refractivity contribution in [2.75, 3.05) is 51.3 Å². The molecule has 3 amide bonds. The second kappa shape index (κ2) is 15.5. The van der Waals surface area contributed by atoms with Crippen LogP contribution in [0.2, 0.25) is 0 Å². The molecule has 9 nitrogen and oxygen atoms in total. The standard InChI is InChI=1S/C34H38F3N5O4/c1-25(44)40-16-18-41(19-17-40)29-12-8-28(9-13-29)24-42(32(45)15-11-27-10-14-31(38-23-27)34(35,36)37)30(33(46)39(2)20-21-43)22-26-6-4-3-5-7-26/h3-15,23,30,43H,16-22,24H2,1-2H3/b15-11+/t30-/m0/s1. The van der Waals surface area contributed by atoms with Crippen LogP contribution in [-0.4, -0.2) is 94.9 Å². The zero-order chi connectivity index (χ0) is 33.3. The van der Waals surface area contributed by atoms with Gasteiger partial charge >= 0.3 is 6.18 Å². The predicted octanol–water partition coefficient (Wildman–Crippen LogP) is 3.87. The summed E-state index contributed by atoms with van der Waals surface area (Å²) < 4.78 is 38.9. The van der Waals surface area contributed by atoms with Crippen LogP contribution < -0.4 is 4.90 Å². The van der Waals surface area contributed by atoms with Gasteiger partial charge in [-0.15, -0.1) is 0 Å². The molecular formula is C34H38F3N5O4. The van der Waals surface area contributed by atoms with Crippen LogP contribution >= 0.6 is 0 Å². The monoisotopic (exact) mass is 637 g/mol. The van der Waals surface area contributed by atoms with E-state index in [9.17, 15) is 32.7 Å². The van der Waals surface area contributed by atoms with Crippen LogP contribution in [0.1, 0.15) is 29.3 Å². The topological polar surface area (TPSA) is 97.3 Å². The van der Waals surface area contributed by atoms with Crippen LogP contribution in [0.4, 0.5) is 18.9 Å². The van der Waals surface area contributed by atoms with Gasteiger partial charge in [-0.3, -0.25) is 19.4 Å². The fraction of sp³-hybridized carbons (Fsp3) is 0.353. The van der Waals surface area contributed by atoms with E-state index in [0.717, 1.165) is 29.1 Å². The molecule has 1 saturated heterocycles. The minimum atomic E-state index is -4.58. The number of nitrogens with zero attached hydrogens (tertiary/aromatic N) is 5. The van der Waals surface area contributed by atoms with Crippen molar-refractivity contribution in [3.8, 4) is 0 Å². The Balaban J connectivity index is 1.62. The summed E-state index contributed by atoms with van der Waals surface area (Å²) in [5.74, 6) is -0.834. The molecule has 46 heavy (non-hydrogen) atoms. The molecule has 0 bridgehead atoms. The number of aliphatic hydroxyl groups is 1. The van der Waals surface area contributed by atoms with E-state index < -0.39 is 23.8 Å². The molecule has 0 saturated carbocycles. The first-order valence-electron chi connectivity index (χ1n) is 15.0. The van der Waals surface area contributed by atoms with Gasteiger partial charge in [0.05, 0.1) is 6.61 Å². The molecule has 1 aliphatic rings. The van der Waals surface area contributed by atoms with Gasteiger partial charge in [0.25, 0.3) is 0 Å². The number of amides is 3. The Morgan fingerprint density at radius 2 is 1.63 bits per heavy atom. The van der Waals surface area contributed by atoms with Crippen LogP contribution in [0.3, 0.4) is 0 Å². The molecule has 0 spiro atoms. The third-order valence-corrected chi connectivity index (χ3v) is 7.90. The number of carbonyl (C=O) groups is 3. The Bertz CT molecular complexity index is 1490. The van der Waals surface area contributed by atoms with Gasteiger partial charge in [0, 0.05) is 77.6 Å². The first-order valence-corrected chi connectivity index (χ1v) is 15.0. The van der Waals surface area contributed by atoms with Crippen molar-refractivity contribution in [3.05, 3.63) is 101 Å². The molecule has 0 radical (unpaired) electrons. The number of likely N-dealkylation sites (N-methyl/N-ethyl adjacent to an activating group) is 1. The zero-order valence-electron chi connectivity index (χ0n) is 25.9. The number of rotatable bonds is 11. The zero-order valence-corrected chi connectivity index (χ0v) is 25.9. The first-order chi connectivity index (χ1) is 22.0. The van der Waals surface area contributed by atoms with E-state index in [1.807, 2.05) is 54.6 Å². The highest BCUT2D eigenvalue weighted by molar-refractivity contribution is 5.95. The van der Waals surface area contributed by atoms with Gasteiger partial charge < -0.3 is 24.7 Å². The number of aromatic nitrogens is 1. The minimum Gasteiger partial charge on any atom is -0.395 e. The molecule has 3 aromatic rings. The Labute approximate surface area is 266 Å². The molecule has 1 N–H and O–H groups in total. The van der Waals surface area contributed by atoms with Crippen molar-refractivity contribution < 1.29 is 32.7 Å². The molecule has 4 rings (SSSR count). The summed E-state index contributed by atoms with van der Waals surface area (Å²) in [5, 5.41) is 9.51. The number of hydrogen-bond acceptors (Lipinski definition) is 6. The van der Waals surface area contributed by atoms with Crippen LogP contribution in [0, 0.1) is 0 Å². The minimum absolute atomic E-state index is 0.0487. The van der Waals surface area contributed by atoms with E-state index >= 15 is 0 Å². The lowest BCUT2D eigenvalue weighted by atomic mass is 10.0. The van der Waals surface area contributed by atoms with Crippen molar-refractivity contribution in [2.24, 2.45) is 0 Å². The molecule has 1 fully saturated rings. The quantitative estimate of drug-likeness (QED) is 0.321. The van der Waals surface area contributed by atoms with Crippen molar-refractivity contribution in [1.82, 2.24) is 19.7 Å². The number of halogens is 3. The fourth-order valence-corrected chi connectivity index (χ4v) is 5.25. The highest BCUT2D eigenvalue weighted by Crippen LogP contribution is 2.27. The van der Waals surface area contributed by atoms with E-state index in [1.54, 1.807) is 18.9 Å². The second-order valence-electron chi connectivity index (χ2n) is 11.1. The Kier molecular flexibility index (Phi) is 11.5. The molecule has 2 heterocycles. The third kappa shape index (κ3) is 9.16. The normalized spacial score (nSPS) is 14.3. The number of hydrogen-bond donors (Lipinski definition) is 1. The van der Waals surface area contributed by atoms with Gasteiger partial charge in [0.15, 0.2) is 0 Å². The van der Waals surface area contributed by atoms with Crippen molar-refractivity contribution in [1.29, 1.82) is 0 Å². The first kappa shape index (κ1) is 34.2. The largest absolute Gasteiger partial charge is 0.433 e. The second-order valence-corrected chi connectivity index (χ2v) is 11.1. The molecule has 0 unspecified atom stereocenters. The van der Waals surface area contributed by atoms with E-state index in [-0.39, 0.29) is 37.9 Å². The lowest BCUT2D eigenvalue weighted by Crippen LogP contribution is -2.51. The van der Waals surface area contributed by atoms with Crippen LogP contribution in [0.15, 0.2) is 79.0 Å². The van der Waals surface area contributed by atoms with Gasteiger partial charge in [0.1, 0.15) is 11.7 Å². The van der Waals surface area contributed by atoms with E-state index in [0.29, 0.717) is 31.7 Å². The number of alkyl halides is 3. The lowest BCUT2D eigenvalue weighted by molar-refractivity contribution is -0.143. The highest BCUT2D eigenvalue weighted by Gasteiger charge is 2.33. The molecule has 1 aliphatic heterocycles. The maximum atomic E-state index is 13.8. The third-order valence-electron chi connectivity index (χ3n) is 7.90. The predicted molar refractivity (Wildman–Crippen MR) is 168 cm³/mol. The Morgan fingerprint density at radius 1 is 0.957 bits per heavy atom. The van der Waals surface area contributed by atoms with E-state index in [2.05, 4.69) is 9.88 Å². The van der Waals surface area contributed by atoms with Crippen molar-refractivity contribution >= 4 is 29.5 Å². The van der Waals surface area contributed by atoms with Crippen LogP contribution in [0.5, 0.6) is 0 Å². The summed E-state index contributed by atoms with van der Waals surface area (Å²) >= 11 is 0. The summed E-state index contributed by atoms with van der Waals surface area (Å²) in [6.07, 6.45) is -0.750. The number of benzene rings is 2. The summed E-state index contributed by atoms with van der Waals surface area (Å²) in [7, 11) is 1.56. The maximum absolute atomic E-state index is 13.8. The van der Waals surface area contributed by atoms with Crippen LogP contribution in [-0.2, 0) is 33.5 Å². The number of carbonyl (C=O) groups excluding carboxylic acids is 3. The molecular weight excluding hydrogens is 599 g/mol. The van der Waals surface area contributed by atoms with Gasteiger partial charge in [-0.2, -0.15) is 13.2 Å². The van der Waals surface area contributed by atoms with E-state index in [1.165, 1.54) is 28.0 Å². The molecule has 12 heteroatoms. The highest BCUT2D eigenvalue weighted by atomic mass is 19.4. The molecule has 2 aromatic carbocycles. The van der Waals surface area contributed by atoms with Gasteiger partial charge in [-0.25, -0.2) is 0 Å². The molecule has 1 aromatic heterocycles. The SMILES string of the molecule is CC(=O)N1CCN(c2ccc(CN(C(=O)/C=C/c3ccc(C(F)(F)F)nc3)[C@@H](Cc3ccccc3)C(=O)N(C)CCO)cc2)CC1. The fourth-order valence-electron chi connectivity index (χ4n) is 5.25. The van der Waals surface area contributed by atoms with E-state index in [4.69, 9.17) is 0 Å². The molecule has 1 atom stereocenters. The Morgan fingerprint density at radius 3 is 2.20 bits per heavy atom. The van der Waals surface area contributed by atoms with Crippen molar-refractivity contribution in [2.45, 2.75) is 32.1 Å². The summed E-state index contributed by atoms with van der Waals surface area (Å²) in [6.45, 7) is 4.10. The number of anilines is 1. The summed E-state index contributed by atoms with van der Waals surface area (Å²) in [5.41, 5.74) is 1.81. The Hall–Kier alpha value is -4.71. The van der Waals surface area contributed by atoms with Gasteiger partial charge in [-0.05, 0) is 41.0 Å². The number of piperazine rings is 1. The summed E-state index contributed by atoms with van der Waals surface area (Å²) in [6, 6.07) is 18.0.